The number of hydrogen-bond acceptors (Lipinski definition) is 2. The fraction of sp³-hybridized carbons (Fsp3) is 0.750. The van der Waals surface area contributed by atoms with E-state index in [2.05, 4.69) is 0 Å². The minimum atomic E-state index is 0. The molecule has 2 nitrogen and oxygen atoms in total. The zero-order valence-electron chi connectivity index (χ0n) is 4.52. The van der Waals surface area contributed by atoms with Gasteiger partial charge in [-0.2, -0.15) is 0 Å². The van der Waals surface area contributed by atoms with Crippen molar-refractivity contribution in [3.63, 3.8) is 0 Å². The summed E-state index contributed by atoms with van der Waals surface area (Å²) in [5, 5.41) is 0. The summed E-state index contributed by atoms with van der Waals surface area (Å²) in [7, 11) is 0. The average molecular weight is 94.0 g/mol. The Kier molecular flexibility index (Phi) is 5.02. The molecule has 1 aliphatic rings. The Morgan fingerprint density at radius 2 is 1.71 bits per heavy atom. The van der Waals surface area contributed by atoms with Crippen LogP contribution in [0.4, 0.5) is 0 Å². The summed E-state index contributed by atoms with van der Waals surface area (Å²) in [6, 6.07) is 0. The van der Waals surface area contributed by atoms with Crippen molar-refractivity contribution in [1.82, 2.24) is 0 Å². The zero-order valence-corrected chi connectivity index (χ0v) is 4.52. The Hall–Kier alpha value is 0.517. The molecule has 0 spiro atoms. The van der Waals surface area contributed by atoms with Gasteiger partial charge in [-0.15, -0.1) is 0 Å². The van der Waals surface area contributed by atoms with E-state index in [0.29, 0.717) is 0 Å². The molecule has 0 N–H and O–H groups in total. The summed E-state index contributed by atoms with van der Waals surface area (Å²) in [6.07, 6.45) is 1.02. The topological polar surface area (TPSA) is 18.5 Å². The van der Waals surface area contributed by atoms with Gasteiger partial charge in [-0.1, -0.05) is 6.79 Å². The Labute approximate surface area is 55.4 Å². The summed E-state index contributed by atoms with van der Waals surface area (Å²) in [4.78, 5) is 0. The van der Waals surface area contributed by atoms with E-state index < -0.39 is 0 Å². The summed E-state index contributed by atoms with van der Waals surface area (Å²) < 4.78 is 9.44. The van der Waals surface area contributed by atoms with Crippen molar-refractivity contribution in [2.75, 3.05) is 13.2 Å². The maximum atomic E-state index is 4.72. The molecule has 1 rings (SSSR count). The van der Waals surface area contributed by atoms with Crippen molar-refractivity contribution < 1.29 is 28.3 Å². The van der Waals surface area contributed by atoms with E-state index in [1.165, 1.54) is 6.79 Å². The van der Waals surface area contributed by atoms with E-state index in [1.54, 1.807) is 0 Å². The normalized spacial score (nSPS) is 20.6. The molecular weight excluding hydrogens is 87.0 g/mol. The third-order valence-corrected chi connectivity index (χ3v) is 0.660. The summed E-state index contributed by atoms with van der Waals surface area (Å²) in [6.45, 7) is 3.03. The monoisotopic (exact) mass is 94.1 g/mol. The largest absolute Gasteiger partial charge is 1.00 e. The molecule has 0 unspecified atom stereocenters. The van der Waals surface area contributed by atoms with Gasteiger partial charge in [0.15, 0.2) is 0 Å². The minimum absolute atomic E-state index is 0. The molecule has 3 heteroatoms. The van der Waals surface area contributed by atoms with Gasteiger partial charge in [0, 0.05) is 13.2 Å². The molecule has 0 radical (unpaired) electrons. The first-order chi connectivity index (χ1) is 3.00. The van der Waals surface area contributed by atoms with Crippen molar-refractivity contribution in [2.45, 2.75) is 6.42 Å². The molecule has 1 heterocycles. The van der Waals surface area contributed by atoms with Crippen LogP contribution in [0.2, 0.25) is 0 Å². The molecule has 0 saturated carbocycles. The molecule has 0 aromatic rings. The van der Waals surface area contributed by atoms with Crippen LogP contribution >= 0.6 is 0 Å². The molecule has 1 fully saturated rings. The number of rotatable bonds is 0. The summed E-state index contributed by atoms with van der Waals surface area (Å²) >= 11 is 0. The Morgan fingerprint density at radius 3 is 1.86 bits per heavy atom. The number of ether oxygens (including phenoxy) is 2. The molecule has 0 aliphatic carbocycles. The first-order valence-corrected chi connectivity index (χ1v) is 2.05. The third-order valence-electron chi connectivity index (χ3n) is 0.660. The van der Waals surface area contributed by atoms with Crippen LogP contribution in [0.15, 0.2) is 0 Å². The predicted molar refractivity (Wildman–Crippen MR) is 20.8 cm³/mol. The molecule has 1 saturated heterocycles. The fourth-order valence-electron chi connectivity index (χ4n) is 0.370. The standard InChI is InChI=1S/C4H7O2.Li/c1-2-5-4-6-3-1;/h4H,1-3H2;/q-1;+1. The number of hydrogen-bond donors (Lipinski definition) is 0. The third kappa shape index (κ3) is 3.13. The van der Waals surface area contributed by atoms with Gasteiger partial charge in [-0.3, -0.25) is 0 Å². The van der Waals surface area contributed by atoms with E-state index in [0.717, 1.165) is 19.6 Å². The Balaban J connectivity index is 0.000000360. The van der Waals surface area contributed by atoms with Crippen molar-refractivity contribution in [3.8, 4) is 0 Å². The van der Waals surface area contributed by atoms with E-state index >= 15 is 0 Å². The fourth-order valence-corrected chi connectivity index (χ4v) is 0.370. The molecule has 0 bridgehead atoms. The molecule has 0 aromatic heterocycles. The van der Waals surface area contributed by atoms with Crippen LogP contribution < -0.4 is 18.9 Å². The van der Waals surface area contributed by atoms with Gasteiger partial charge in [-0.25, -0.2) is 0 Å². The van der Waals surface area contributed by atoms with E-state index in [9.17, 15) is 0 Å². The van der Waals surface area contributed by atoms with Gasteiger partial charge in [-0.05, 0) is 6.42 Å². The summed E-state index contributed by atoms with van der Waals surface area (Å²) in [5.74, 6) is 0. The van der Waals surface area contributed by atoms with Crippen LogP contribution in [-0.4, -0.2) is 13.2 Å². The maximum absolute atomic E-state index is 4.72. The van der Waals surface area contributed by atoms with Crippen LogP contribution in [-0.2, 0) is 9.47 Å². The average Bonchev–Trinajstić information content (AvgIpc) is 1.72. The van der Waals surface area contributed by atoms with Crippen molar-refractivity contribution in [1.29, 1.82) is 0 Å². The van der Waals surface area contributed by atoms with Gasteiger partial charge < -0.3 is 9.47 Å². The molecule has 0 amide bonds. The van der Waals surface area contributed by atoms with Crippen LogP contribution in [0.3, 0.4) is 0 Å². The minimum Gasteiger partial charge on any atom is -0.525 e. The van der Waals surface area contributed by atoms with Crippen LogP contribution in [0, 0.1) is 6.79 Å². The quantitative estimate of drug-likeness (QED) is 0.245. The predicted octanol–water partition coefficient (Wildman–Crippen LogP) is -2.45. The van der Waals surface area contributed by atoms with Gasteiger partial charge >= 0.3 is 18.9 Å². The van der Waals surface area contributed by atoms with Crippen molar-refractivity contribution in [3.05, 3.63) is 6.79 Å². The van der Waals surface area contributed by atoms with Gasteiger partial charge in [0.2, 0.25) is 0 Å². The van der Waals surface area contributed by atoms with Gasteiger partial charge in [0.05, 0.1) is 0 Å². The molecule has 7 heavy (non-hydrogen) atoms. The second-order valence-electron chi connectivity index (χ2n) is 1.19. The zero-order chi connectivity index (χ0) is 4.24. The smallest absolute Gasteiger partial charge is 0.525 e. The second-order valence-corrected chi connectivity index (χ2v) is 1.19. The SMILES string of the molecule is [CH-]1OCCCO1.[Li+]. The van der Waals surface area contributed by atoms with Gasteiger partial charge in [0.1, 0.15) is 0 Å². The maximum Gasteiger partial charge on any atom is 1.00 e. The first kappa shape index (κ1) is 7.52. The summed E-state index contributed by atoms with van der Waals surface area (Å²) in [5.41, 5.74) is 0. The molecule has 0 atom stereocenters. The molecule has 1 aliphatic heterocycles. The Bertz CT molecular complexity index is 25.2. The van der Waals surface area contributed by atoms with Crippen LogP contribution in [0.25, 0.3) is 0 Å². The molecule has 0 aromatic carbocycles. The van der Waals surface area contributed by atoms with Gasteiger partial charge in [0.25, 0.3) is 0 Å². The van der Waals surface area contributed by atoms with E-state index in [4.69, 9.17) is 9.47 Å². The van der Waals surface area contributed by atoms with Crippen molar-refractivity contribution in [2.24, 2.45) is 0 Å². The first-order valence-electron chi connectivity index (χ1n) is 2.05. The molecular formula is C4H7LiO2. The van der Waals surface area contributed by atoms with E-state index in [1.807, 2.05) is 0 Å². The Morgan fingerprint density at radius 1 is 1.14 bits per heavy atom. The van der Waals surface area contributed by atoms with Crippen LogP contribution in [0.1, 0.15) is 6.42 Å². The molecule has 36 valence electrons. The van der Waals surface area contributed by atoms with E-state index in [-0.39, 0.29) is 18.9 Å². The second kappa shape index (κ2) is 4.67. The van der Waals surface area contributed by atoms with Crippen LogP contribution in [0.5, 0.6) is 0 Å². The van der Waals surface area contributed by atoms with Crippen molar-refractivity contribution >= 4 is 0 Å².